The zero-order valence-electron chi connectivity index (χ0n) is 4.66. The summed E-state index contributed by atoms with van der Waals surface area (Å²) in [4.78, 5) is 2.06. The normalized spacial score (nSPS) is 10.1. The molecule has 0 aliphatic carbocycles. The fraction of sp³-hybridized carbons (Fsp3) is 0.400. The average Bonchev–Trinajstić information content (AvgIpc) is 1.30. The van der Waals surface area contributed by atoms with Gasteiger partial charge in [0.15, 0.2) is 0 Å². The predicted molar refractivity (Wildman–Crippen MR) is 40.1 cm³/mol. The van der Waals surface area contributed by atoms with E-state index in [0.29, 0.717) is 0 Å². The molecular formula is C5H9BrGe. The van der Waals surface area contributed by atoms with Crippen molar-refractivity contribution >= 4 is 25.4 Å². The summed E-state index contributed by atoms with van der Waals surface area (Å²) in [5.74, 6) is 4.44. The topological polar surface area (TPSA) is 0 Å². The zero-order chi connectivity index (χ0) is 5.91. The molecule has 0 spiro atoms. The summed E-state index contributed by atoms with van der Waals surface area (Å²) < 4.78 is 0. The van der Waals surface area contributed by atoms with E-state index in [9.17, 15) is 0 Å². The van der Waals surface area contributed by atoms with Gasteiger partial charge in [-0.25, -0.2) is 0 Å². The molecule has 0 amide bonds. The molecule has 0 saturated carbocycles. The first-order valence-corrected chi connectivity index (χ1v) is 12.4. The third-order valence-corrected chi connectivity index (χ3v) is 3.50. The van der Waals surface area contributed by atoms with Gasteiger partial charge in [-0.1, -0.05) is 0 Å². The van der Waals surface area contributed by atoms with Gasteiger partial charge < -0.3 is 0 Å². The van der Waals surface area contributed by atoms with Crippen molar-refractivity contribution in [3.63, 3.8) is 0 Å². The molecule has 0 radical (unpaired) electrons. The second kappa shape index (κ2) is 2.75. The van der Waals surface area contributed by atoms with Gasteiger partial charge in [-0.3, -0.25) is 0 Å². The third kappa shape index (κ3) is 6.54. The van der Waals surface area contributed by atoms with Gasteiger partial charge in [0.1, 0.15) is 0 Å². The maximum absolute atomic E-state index is 3.57. The first-order valence-electron chi connectivity index (χ1n) is 2.12. The molecule has 0 heterocycles. The molecule has 0 rings (SSSR count). The Morgan fingerprint density at radius 2 is 2.14 bits per heavy atom. The predicted octanol–water partition coefficient (Wildman–Crippen LogP) is 2.47. The van der Waals surface area contributed by atoms with Crippen LogP contribution >= 0.6 is 14.0 Å². The van der Waals surface area contributed by atoms with E-state index in [2.05, 4.69) is 42.7 Å². The van der Waals surface area contributed by atoms with Crippen molar-refractivity contribution < 1.29 is 0 Å². The van der Waals surface area contributed by atoms with E-state index in [4.69, 9.17) is 0 Å². The molecule has 0 bridgehead atoms. The Labute approximate surface area is 54.3 Å². The molecule has 0 nitrogen and oxygen atoms in total. The van der Waals surface area contributed by atoms with Gasteiger partial charge >= 0.3 is 54.2 Å². The summed E-state index contributed by atoms with van der Waals surface area (Å²) in [7, 11) is 0. The summed E-state index contributed by atoms with van der Waals surface area (Å²) in [6, 6.07) is 0. The third-order valence-electron chi connectivity index (χ3n) is 0.445. The van der Waals surface area contributed by atoms with Crippen LogP contribution in [-0.4, -0.2) is 11.4 Å². The number of halogens is 1. The standard InChI is InChI=1S/C5H9BrGe/c1-4-5-7(2,3)6/h5H,1H2,2-3H3. The Morgan fingerprint density at radius 3 is 2.14 bits per heavy atom. The van der Waals surface area contributed by atoms with Crippen molar-refractivity contribution in [1.29, 1.82) is 0 Å². The van der Waals surface area contributed by atoms with Gasteiger partial charge in [0.25, 0.3) is 0 Å². The second-order valence-corrected chi connectivity index (χ2v) is 19.7. The van der Waals surface area contributed by atoms with Crippen LogP contribution in [0.15, 0.2) is 17.2 Å². The molecule has 0 unspecified atom stereocenters. The molecule has 0 N–H and O–H groups in total. The monoisotopic (exact) mass is 222 g/mol. The van der Waals surface area contributed by atoms with Crippen molar-refractivity contribution in [2.45, 2.75) is 11.5 Å². The van der Waals surface area contributed by atoms with Crippen molar-refractivity contribution in [2.75, 3.05) is 0 Å². The first-order chi connectivity index (χ1) is 3.06. The molecule has 0 fully saturated rings. The Balaban J connectivity index is 3.80. The Morgan fingerprint density at radius 1 is 1.71 bits per heavy atom. The number of rotatable bonds is 1. The maximum atomic E-state index is 3.57. The van der Waals surface area contributed by atoms with Crippen LogP contribution in [0.2, 0.25) is 11.5 Å². The van der Waals surface area contributed by atoms with Crippen LogP contribution in [0.5, 0.6) is 0 Å². The molecule has 0 aromatic rings. The molecule has 2 heteroatoms. The zero-order valence-corrected chi connectivity index (χ0v) is 8.35. The van der Waals surface area contributed by atoms with Crippen LogP contribution in [-0.2, 0) is 0 Å². The van der Waals surface area contributed by atoms with Crippen molar-refractivity contribution in [3.8, 4) is 0 Å². The van der Waals surface area contributed by atoms with E-state index in [1.165, 1.54) is 0 Å². The number of hydrogen-bond acceptors (Lipinski definition) is 0. The van der Waals surface area contributed by atoms with Crippen LogP contribution in [0, 0.1) is 0 Å². The Bertz CT molecular complexity index is 95.1. The molecule has 0 aromatic heterocycles. The SMILES string of the molecule is C=C=[CH][Ge]([CH3])([CH3])[Br]. The molecule has 0 aliphatic heterocycles. The number of hydrogen-bond donors (Lipinski definition) is 0. The van der Waals surface area contributed by atoms with Crippen LogP contribution in [0.1, 0.15) is 0 Å². The van der Waals surface area contributed by atoms with E-state index >= 15 is 0 Å². The minimum atomic E-state index is -1.57. The van der Waals surface area contributed by atoms with Crippen molar-refractivity contribution in [3.05, 3.63) is 17.2 Å². The van der Waals surface area contributed by atoms with Crippen LogP contribution < -0.4 is 0 Å². The van der Waals surface area contributed by atoms with Crippen LogP contribution in [0.3, 0.4) is 0 Å². The summed E-state index contributed by atoms with van der Waals surface area (Å²) in [6.45, 7) is 3.48. The summed E-state index contributed by atoms with van der Waals surface area (Å²) in [6.07, 6.45) is 0. The van der Waals surface area contributed by atoms with Crippen LogP contribution in [0.25, 0.3) is 0 Å². The van der Waals surface area contributed by atoms with Gasteiger partial charge in [0.2, 0.25) is 0 Å². The molecule has 7 heavy (non-hydrogen) atoms. The summed E-state index contributed by atoms with van der Waals surface area (Å²) in [5, 5.41) is 0. The second-order valence-electron chi connectivity index (χ2n) is 1.91. The fourth-order valence-corrected chi connectivity index (χ4v) is 2.10. The van der Waals surface area contributed by atoms with Gasteiger partial charge in [0, 0.05) is 0 Å². The average molecular weight is 222 g/mol. The van der Waals surface area contributed by atoms with E-state index < -0.39 is 11.4 Å². The van der Waals surface area contributed by atoms with Gasteiger partial charge in [-0.15, -0.1) is 0 Å². The molecule has 0 aromatic carbocycles. The van der Waals surface area contributed by atoms with E-state index in [1.807, 2.05) is 0 Å². The van der Waals surface area contributed by atoms with E-state index in [1.54, 1.807) is 0 Å². The Kier molecular flexibility index (Phi) is 2.97. The molecule has 0 aliphatic rings. The van der Waals surface area contributed by atoms with Crippen LogP contribution in [0.4, 0.5) is 0 Å². The minimum absolute atomic E-state index is 1.57. The quantitative estimate of drug-likeness (QED) is 0.471. The molecule has 0 atom stereocenters. The van der Waals surface area contributed by atoms with Gasteiger partial charge in [-0.05, 0) is 0 Å². The van der Waals surface area contributed by atoms with E-state index in [-0.39, 0.29) is 0 Å². The summed E-state index contributed by atoms with van der Waals surface area (Å²) >= 11 is 2.00. The van der Waals surface area contributed by atoms with Crippen molar-refractivity contribution in [2.24, 2.45) is 0 Å². The van der Waals surface area contributed by atoms with Gasteiger partial charge in [0.05, 0.1) is 0 Å². The Hall–Kier alpha value is 0.543. The fourth-order valence-electron chi connectivity index (χ4n) is 0.243. The van der Waals surface area contributed by atoms with Gasteiger partial charge in [-0.2, -0.15) is 0 Å². The summed E-state index contributed by atoms with van der Waals surface area (Å²) in [5.41, 5.74) is 2.77. The first kappa shape index (κ1) is 7.54. The van der Waals surface area contributed by atoms with Crippen molar-refractivity contribution in [1.82, 2.24) is 0 Å². The van der Waals surface area contributed by atoms with E-state index in [0.717, 1.165) is 0 Å². The molecular weight excluding hydrogens is 213 g/mol. The molecule has 0 saturated heterocycles. The molecule has 40 valence electrons.